The number of nitrogens with two attached hydrogens (primary N) is 1. The van der Waals surface area contributed by atoms with E-state index in [1.165, 1.54) is 0 Å². The Morgan fingerprint density at radius 3 is 1.83 bits per heavy atom. The van der Waals surface area contributed by atoms with E-state index >= 15 is 0 Å². The lowest BCUT2D eigenvalue weighted by atomic mass is 10.2. The van der Waals surface area contributed by atoms with Gasteiger partial charge in [0.1, 0.15) is 5.88 Å². The van der Waals surface area contributed by atoms with Crippen LogP contribution in [0.25, 0.3) is 0 Å². The summed E-state index contributed by atoms with van der Waals surface area (Å²) in [5.74, 6) is 0.407. The second-order valence-corrected chi connectivity index (χ2v) is 3.25. The van der Waals surface area contributed by atoms with Gasteiger partial charge in [-0.25, -0.2) is 0 Å². The molecule has 0 aliphatic carbocycles. The molecule has 0 aliphatic heterocycles. The van der Waals surface area contributed by atoms with Crippen LogP contribution in [0.5, 0.6) is 17.2 Å². The summed E-state index contributed by atoms with van der Waals surface area (Å²) in [6.07, 6.45) is 0. The maximum atomic E-state index is 9.24. The number of nitrogen functional groups attached to an aromatic ring is 1. The Labute approximate surface area is 110 Å². The molecule has 0 bridgehead atoms. The maximum Gasteiger partial charge on any atom is 0.318 e. The molecule has 0 amide bonds. The highest BCUT2D eigenvalue weighted by molar-refractivity contribution is 6.26. The first-order valence-corrected chi connectivity index (χ1v) is 5.36. The summed E-state index contributed by atoms with van der Waals surface area (Å²) in [5.41, 5.74) is 6.20. The van der Waals surface area contributed by atoms with Gasteiger partial charge in [0.2, 0.25) is 5.75 Å². The zero-order chi connectivity index (χ0) is 14.1. The molecule has 0 radical (unpaired) electrons. The first kappa shape index (κ1) is 16.2. The van der Waals surface area contributed by atoms with E-state index in [9.17, 15) is 4.79 Å². The van der Waals surface area contributed by atoms with E-state index in [1.54, 1.807) is 33.5 Å². The molecule has 0 aliphatic rings. The van der Waals surface area contributed by atoms with Gasteiger partial charge in [-0.3, -0.25) is 4.79 Å². The monoisotopic (exact) mass is 277 g/mol. The van der Waals surface area contributed by atoms with Crippen molar-refractivity contribution in [1.29, 1.82) is 0 Å². The number of anilines is 1. The molecule has 3 N–H and O–H groups in total. The number of hydrogen-bond donors (Lipinski definition) is 2. The van der Waals surface area contributed by atoms with Crippen LogP contribution in [0.3, 0.4) is 0 Å². The Kier molecular flexibility index (Phi) is 7.46. The van der Waals surface area contributed by atoms with Crippen molar-refractivity contribution >= 4 is 23.3 Å². The van der Waals surface area contributed by atoms with Crippen LogP contribution >= 0.6 is 11.6 Å². The molecule has 0 heterocycles. The minimum absolute atomic E-state index is 0.306. The fourth-order valence-electron chi connectivity index (χ4n) is 1.10. The number of benzene rings is 1. The third-order valence-corrected chi connectivity index (χ3v) is 2.03. The van der Waals surface area contributed by atoms with Gasteiger partial charge in [-0.1, -0.05) is 0 Å². The lowest BCUT2D eigenvalue weighted by Crippen LogP contribution is -1.96. The number of halogens is 1. The number of carboxylic acids is 1. The Hall–Kier alpha value is -1.82. The topological polar surface area (TPSA) is 91.0 Å². The van der Waals surface area contributed by atoms with Crippen LogP contribution in [0.4, 0.5) is 5.69 Å². The average Bonchev–Trinajstić information content (AvgIpc) is 2.37. The number of carboxylic acid groups (broad SMARTS) is 1. The van der Waals surface area contributed by atoms with Crippen LogP contribution in [0.2, 0.25) is 0 Å². The summed E-state index contributed by atoms with van der Waals surface area (Å²) >= 11 is 4.74. The van der Waals surface area contributed by atoms with E-state index in [-0.39, 0.29) is 5.88 Å². The Morgan fingerprint density at radius 1 is 1.22 bits per heavy atom. The van der Waals surface area contributed by atoms with Crippen molar-refractivity contribution in [3.05, 3.63) is 12.1 Å². The number of alkyl halides is 1. The zero-order valence-electron chi connectivity index (χ0n) is 10.4. The lowest BCUT2D eigenvalue weighted by Gasteiger charge is -2.12. The van der Waals surface area contributed by atoms with E-state index in [0.29, 0.717) is 22.9 Å². The second kappa shape index (κ2) is 8.30. The largest absolute Gasteiger partial charge is 0.493 e. The highest BCUT2D eigenvalue weighted by Gasteiger charge is 2.11. The summed E-state index contributed by atoms with van der Waals surface area (Å²) in [5, 5.41) is 7.59. The Morgan fingerprint density at radius 2 is 1.61 bits per heavy atom. The summed E-state index contributed by atoms with van der Waals surface area (Å²) in [6, 6.07) is 3.36. The minimum Gasteiger partial charge on any atom is -0.493 e. The van der Waals surface area contributed by atoms with Crippen LogP contribution in [0.15, 0.2) is 12.1 Å². The number of rotatable bonds is 4. The molecule has 7 heteroatoms. The molecule has 0 fully saturated rings. The third kappa shape index (κ3) is 5.01. The van der Waals surface area contributed by atoms with E-state index < -0.39 is 5.97 Å². The van der Waals surface area contributed by atoms with E-state index in [2.05, 4.69) is 0 Å². The number of methoxy groups -OCH3 is 3. The molecule has 0 saturated carbocycles. The van der Waals surface area contributed by atoms with Crippen molar-refractivity contribution in [3.8, 4) is 17.2 Å². The van der Waals surface area contributed by atoms with Crippen molar-refractivity contribution < 1.29 is 24.1 Å². The Balaban J connectivity index is 0.000000494. The second-order valence-electron chi connectivity index (χ2n) is 2.99. The summed E-state index contributed by atoms with van der Waals surface area (Å²) in [6.45, 7) is 0. The predicted octanol–water partition coefficient (Wildman–Crippen LogP) is 1.60. The van der Waals surface area contributed by atoms with Gasteiger partial charge in [-0.15, -0.1) is 11.6 Å². The van der Waals surface area contributed by atoms with Gasteiger partial charge >= 0.3 is 5.97 Å². The van der Waals surface area contributed by atoms with Crippen LogP contribution in [0.1, 0.15) is 0 Å². The molecule has 18 heavy (non-hydrogen) atoms. The van der Waals surface area contributed by atoms with Gasteiger partial charge in [0.15, 0.2) is 11.5 Å². The molecule has 0 atom stereocenters. The summed E-state index contributed by atoms with van der Waals surface area (Å²) < 4.78 is 15.3. The van der Waals surface area contributed by atoms with Crippen LogP contribution in [0, 0.1) is 0 Å². The first-order chi connectivity index (χ1) is 8.49. The zero-order valence-corrected chi connectivity index (χ0v) is 11.2. The number of ether oxygens (including phenoxy) is 3. The third-order valence-electron chi connectivity index (χ3n) is 1.80. The standard InChI is InChI=1S/C9H13NO3.C2H3ClO2/c1-11-7-4-6(10)5-8(12-2)9(7)13-3;3-1-2(4)5/h4-5H,10H2,1-3H3;1H2,(H,4,5). The van der Waals surface area contributed by atoms with Crippen molar-refractivity contribution in [1.82, 2.24) is 0 Å². The average molecular weight is 278 g/mol. The van der Waals surface area contributed by atoms with Gasteiger partial charge in [0.25, 0.3) is 0 Å². The number of carbonyl (C=O) groups is 1. The molecule has 1 aromatic carbocycles. The van der Waals surface area contributed by atoms with Crippen molar-refractivity contribution in [2.45, 2.75) is 0 Å². The molecule has 1 aromatic rings. The van der Waals surface area contributed by atoms with Crippen molar-refractivity contribution in [2.75, 3.05) is 32.9 Å². The smallest absolute Gasteiger partial charge is 0.318 e. The summed E-state index contributed by atoms with van der Waals surface area (Å²) in [7, 11) is 4.66. The summed E-state index contributed by atoms with van der Waals surface area (Å²) in [4.78, 5) is 9.24. The normalized spacial score (nSPS) is 8.89. The van der Waals surface area contributed by atoms with Gasteiger partial charge in [-0.05, 0) is 0 Å². The van der Waals surface area contributed by atoms with Gasteiger partial charge in [-0.2, -0.15) is 0 Å². The number of hydrogen-bond acceptors (Lipinski definition) is 5. The van der Waals surface area contributed by atoms with E-state index in [4.69, 9.17) is 36.7 Å². The molecular weight excluding hydrogens is 262 g/mol. The number of aliphatic carboxylic acids is 1. The van der Waals surface area contributed by atoms with Gasteiger partial charge < -0.3 is 25.1 Å². The maximum absolute atomic E-state index is 9.24. The fourth-order valence-corrected chi connectivity index (χ4v) is 1.10. The highest BCUT2D eigenvalue weighted by atomic mass is 35.5. The predicted molar refractivity (Wildman–Crippen MR) is 68.9 cm³/mol. The molecule has 0 spiro atoms. The minimum atomic E-state index is -0.980. The Bertz CT molecular complexity index is 372. The van der Waals surface area contributed by atoms with Crippen LogP contribution in [-0.4, -0.2) is 38.3 Å². The van der Waals surface area contributed by atoms with Gasteiger partial charge in [0, 0.05) is 17.8 Å². The van der Waals surface area contributed by atoms with Crippen molar-refractivity contribution in [3.63, 3.8) is 0 Å². The highest BCUT2D eigenvalue weighted by Crippen LogP contribution is 2.38. The first-order valence-electron chi connectivity index (χ1n) is 4.83. The lowest BCUT2D eigenvalue weighted by molar-refractivity contribution is -0.134. The van der Waals surface area contributed by atoms with E-state index in [0.717, 1.165) is 0 Å². The SMILES string of the molecule is COc1cc(N)cc(OC)c1OC.O=C(O)CCl. The molecular formula is C11H16ClNO5. The van der Waals surface area contributed by atoms with Crippen molar-refractivity contribution in [2.24, 2.45) is 0 Å². The molecule has 1 rings (SSSR count). The van der Waals surface area contributed by atoms with Crippen LogP contribution < -0.4 is 19.9 Å². The molecule has 102 valence electrons. The molecule has 0 unspecified atom stereocenters. The van der Waals surface area contributed by atoms with Crippen LogP contribution in [-0.2, 0) is 4.79 Å². The fraction of sp³-hybridized carbons (Fsp3) is 0.364. The molecule has 0 saturated heterocycles. The molecule has 6 nitrogen and oxygen atoms in total. The quantitative estimate of drug-likeness (QED) is 0.642. The van der Waals surface area contributed by atoms with Gasteiger partial charge in [0.05, 0.1) is 21.3 Å². The van der Waals surface area contributed by atoms with E-state index in [1.807, 2.05) is 0 Å². The molecule has 0 aromatic heterocycles.